The molecule has 0 saturated heterocycles. The van der Waals surface area contributed by atoms with Gasteiger partial charge in [0.25, 0.3) is 0 Å². The van der Waals surface area contributed by atoms with Crippen molar-refractivity contribution in [2.45, 2.75) is 33.0 Å². The summed E-state index contributed by atoms with van der Waals surface area (Å²) >= 11 is 6.08. The number of aryl methyl sites for hydroxylation is 1. The van der Waals surface area contributed by atoms with Crippen LogP contribution in [-0.4, -0.2) is 21.5 Å². The first-order chi connectivity index (χ1) is 10.8. The summed E-state index contributed by atoms with van der Waals surface area (Å²) in [7, 11) is 0. The van der Waals surface area contributed by atoms with Gasteiger partial charge in [-0.25, -0.2) is 9.97 Å². The molecule has 0 aromatic carbocycles. The van der Waals surface area contributed by atoms with Crippen molar-refractivity contribution in [1.29, 1.82) is 0 Å². The van der Waals surface area contributed by atoms with Crippen LogP contribution < -0.4 is 4.90 Å². The van der Waals surface area contributed by atoms with Crippen LogP contribution in [0.25, 0.3) is 0 Å². The van der Waals surface area contributed by atoms with E-state index >= 15 is 0 Å². The van der Waals surface area contributed by atoms with Crippen LogP contribution in [-0.2, 0) is 19.1 Å². The molecule has 3 rings (SSSR count). The Balaban J connectivity index is 1.97. The second-order valence-corrected chi connectivity index (χ2v) is 5.87. The zero-order chi connectivity index (χ0) is 16.8. The van der Waals surface area contributed by atoms with Crippen molar-refractivity contribution in [1.82, 2.24) is 15.0 Å². The molecule has 1 aliphatic heterocycles. The van der Waals surface area contributed by atoms with Gasteiger partial charge in [-0.15, -0.1) is 0 Å². The Morgan fingerprint density at radius 1 is 1.22 bits per heavy atom. The Hall–Kier alpha value is -1.89. The minimum Gasteiger partial charge on any atom is -0.351 e. The van der Waals surface area contributed by atoms with Gasteiger partial charge < -0.3 is 4.90 Å². The predicted molar refractivity (Wildman–Crippen MR) is 80.5 cm³/mol. The molecular formula is C15H14ClF3N4. The lowest BCUT2D eigenvalue weighted by molar-refractivity contribution is -0.137. The van der Waals surface area contributed by atoms with Gasteiger partial charge in [0.15, 0.2) is 0 Å². The van der Waals surface area contributed by atoms with E-state index in [-0.39, 0.29) is 0 Å². The normalized spacial score (nSPS) is 14.8. The molecule has 0 saturated carbocycles. The lowest BCUT2D eigenvalue weighted by Gasteiger charge is -2.30. The van der Waals surface area contributed by atoms with Gasteiger partial charge in [0, 0.05) is 37.0 Å². The monoisotopic (exact) mass is 342 g/mol. The minimum atomic E-state index is -4.39. The third kappa shape index (κ3) is 3.10. The molecule has 122 valence electrons. The first kappa shape index (κ1) is 16.0. The van der Waals surface area contributed by atoms with Crippen molar-refractivity contribution >= 4 is 17.4 Å². The topological polar surface area (TPSA) is 41.9 Å². The largest absolute Gasteiger partial charge is 0.417 e. The molecule has 0 atom stereocenters. The van der Waals surface area contributed by atoms with Gasteiger partial charge in [-0.1, -0.05) is 11.6 Å². The van der Waals surface area contributed by atoms with E-state index in [1.807, 2.05) is 4.90 Å². The van der Waals surface area contributed by atoms with Gasteiger partial charge in [0.2, 0.25) is 0 Å². The van der Waals surface area contributed by atoms with Gasteiger partial charge in [-0.2, -0.15) is 13.2 Å². The summed E-state index contributed by atoms with van der Waals surface area (Å²) in [6, 6.07) is 1.17. The van der Waals surface area contributed by atoms with Gasteiger partial charge in [0.05, 0.1) is 5.56 Å². The number of nitrogens with zero attached hydrogens (tertiary/aromatic N) is 4. The van der Waals surface area contributed by atoms with Crippen molar-refractivity contribution < 1.29 is 13.2 Å². The molecule has 2 aromatic heterocycles. The molecule has 3 heterocycles. The molecule has 0 radical (unpaired) electrons. The van der Waals surface area contributed by atoms with Crippen LogP contribution in [0.2, 0.25) is 5.15 Å². The lowest BCUT2D eigenvalue weighted by Crippen LogP contribution is -2.33. The van der Waals surface area contributed by atoms with E-state index < -0.39 is 11.7 Å². The van der Waals surface area contributed by atoms with Crippen molar-refractivity contribution in [3.05, 3.63) is 45.6 Å². The average molecular weight is 343 g/mol. The van der Waals surface area contributed by atoms with Crippen LogP contribution in [0.15, 0.2) is 12.3 Å². The molecule has 0 unspecified atom stereocenters. The van der Waals surface area contributed by atoms with Crippen LogP contribution in [0, 0.1) is 13.8 Å². The summed E-state index contributed by atoms with van der Waals surface area (Å²) in [5, 5.41) is 0.362. The van der Waals surface area contributed by atoms with Crippen LogP contribution in [0.4, 0.5) is 19.0 Å². The van der Waals surface area contributed by atoms with Crippen LogP contribution in [0.1, 0.15) is 28.2 Å². The third-order valence-corrected chi connectivity index (χ3v) is 4.21. The highest BCUT2D eigenvalue weighted by molar-refractivity contribution is 6.30. The number of anilines is 1. The van der Waals surface area contributed by atoms with E-state index in [2.05, 4.69) is 15.0 Å². The minimum absolute atomic E-state index is 0.319. The van der Waals surface area contributed by atoms with Gasteiger partial charge in [-0.3, -0.25) is 4.98 Å². The summed E-state index contributed by atoms with van der Waals surface area (Å²) in [6.07, 6.45) is -2.94. The average Bonchev–Trinajstić information content (AvgIpc) is 2.49. The van der Waals surface area contributed by atoms with E-state index in [0.717, 1.165) is 11.8 Å². The van der Waals surface area contributed by atoms with Crippen LogP contribution in [0.3, 0.4) is 0 Å². The molecule has 0 aliphatic carbocycles. The smallest absolute Gasteiger partial charge is 0.351 e. The predicted octanol–water partition coefficient (Wildman–Crippen LogP) is 3.72. The third-order valence-electron chi connectivity index (χ3n) is 3.84. The summed E-state index contributed by atoms with van der Waals surface area (Å²) < 4.78 is 38.6. The Bertz CT molecular complexity index is 761. The Morgan fingerprint density at radius 2 is 1.96 bits per heavy atom. The van der Waals surface area contributed by atoms with Crippen molar-refractivity contribution in [2.75, 3.05) is 11.4 Å². The zero-order valence-electron chi connectivity index (χ0n) is 12.6. The number of hydrogen-bond acceptors (Lipinski definition) is 4. The van der Waals surface area contributed by atoms with E-state index in [1.54, 1.807) is 13.8 Å². The number of pyridine rings is 1. The van der Waals surface area contributed by atoms with E-state index in [4.69, 9.17) is 11.6 Å². The van der Waals surface area contributed by atoms with Crippen LogP contribution in [0.5, 0.6) is 0 Å². The van der Waals surface area contributed by atoms with Crippen molar-refractivity contribution in [3.8, 4) is 0 Å². The fraction of sp³-hybridized carbons (Fsp3) is 0.400. The second kappa shape index (κ2) is 5.63. The number of aromatic nitrogens is 3. The molecule has 0 fully saturated rings. The fourth-order valence-corrected chi connectivity index (χ4v) is 2.86. The quantitative estimate of drug-likeness (QED) is 0.741. The number of fused-ring (bicyclic) bond motifs is 1. The highest BCUT2D eigenvalue weighted by atomic mass is 35.5. The summed E-state index contributed by atoms with van der Waals surface area (Å²) in [6.45, 7) is 4.48. The van der Waals surface area contributed by atoms with Crippen LogP contribution >= 0.6 is 11.6 Å². The standard InChI is InChI=1S/C15H14ClF3N4/c1-8-13(16)21-9(2)22-14(8)23-4-3-12-10(7-23)5-11(6-20-12)15(17,18)19/h5-6H,3-4,7H2,1-2H3. The lowest BCUT2D eigenvalue weighted by atomic mass is 10.0. The SMILES string of the molecule is Cc1nc(Cl)c(C)c(N2CCc3ncc(C(F)(F)F)cc3C2)n1. The van der Waals surface area contributed by atoms with Gasteiger partial charge >= 0.3 is 6.18 Å². The fourth-order valence-electron chi connectivity index (χ4n) is 2.65. The highest BCUT2D eigenvalue weighted by Crippen LogP contribution is 2.32. The number of hydrogen-bond donors (Lipinski definition) is 0. The van der Waals surface area contributed by atoms with E-state index in [1.165, 1.54) is 6.07 Å². The molecule has 23 heavy (non-hydrogen) atoms. The maximum absolute atomic E-state index is 12.9. The van der Waals surface area contributed by atoms with E-state index in [0.29, 0.717) is 47.6 Å². The Kier molecular flexibility index (Phi) is 3.91. The van der Waals surface area contributed by atoms with Gasteiger partial charge in [-0.05, 0) is 25.5 Å². The number of halogens is 4. The Morgan fingerprint density at radius 3 is 2.65 bits per heavy atom. The molecular weight excluding hydrogens is 329 g/mol. The number of rotatable bonds is 1. The summed E-state index contributed by atoms with van der Waals surface area (Å²) in [5.41, 5.74) is 1.26. The van der Waals surface area contributed by atoms with E-state index in [9.17, 15) is 13.2 Å². The molecule has 0 bridgehead atoms. The Labute approximate surface area is 136 Å². The molecule has 0 amide bonds. The molecule has 0 spiro atoms. The molecule has 1 aliphatic rings. The van der Waals surface area contributed by atoms with Gasteiger partial charge in [0.1, 0.15) is 16.8 Å². The first-order valence-electron chi connectivity index (χ1n) is 7.06. The molecule has 2 aromatic rings. The second-order valence-electron chi connectivity index (χ2n) is 5.51. The molecule has 4 nitrogen and oxygen atoms in total. The molecule has 0 N–H and O–H groups in total. The maximum Gasteiger partial charge on any atom is 0.417 e. The van der Waals surface area contributed by atoms with Crippen molar-refractivity contribution in [3.63, 3.8) is 0 Å². The first-order valence-corrected chi connectivity index (χ1v) is 7.44. The maximum atomic E-state index is 12.9. The summed E-state index contributed by atoms with van der Waals surface area (Å²) in [5.74, 6) is 1.19. The van der Waals surface area contributed by atoms with Crippen molar-refractivity contribution in [2.24, 2.45) is 0 Å². The molecule has 8 heteroatoms. The summed E-state index contributed by atoms with van der Waals surface area (Å²) in [4.78, 5) is 14.4. The number of alkyl halides is 3. The highest BCUT2D eigenvalue weighted by Gasteiger charge is 2.32. The zero-order valence-corrected chi connectivity index (χ0v) is 13.3.